The molecule has 0 N–H and O–H groups in total. The molecule has 2 aromatic rings. The number of halogens is 2. The zero-order valence-electron chi connectivity index (χ0n) is 8.94. The van der Waals surface area contributed by atoms with E-state index in [9.17, 15) is 0 Å². The Morgan fingerprint density at radius 2 is 2.06 bits per heavy atom. The molecule has 1 aliphatic heterocycles. The second-order valence-electron chi connectivity index (χ2n) is 3.76. The summed E-state index contributed by atoms with van der Waals surface area (Å²) in [4.78, 5) is 6.52. The van der Waals surface area contributed by atoms with Gasteiger partial charge in [-0.1, -0.05) is 0 Å². The molecule has 0 bridgehead atoms. The summed E-state index contributed by atoms with van der Waals surface area (Å²) in [5, 5.41) is 4.47. The van der Waals surface area contributed by atoms with E-state index in [1.54, 1.807) is 0 Å². The molecule has 0 aromatic carbocycles. The lowest BCUT2D eigenvalue weighted by Gasteiger charge is -2.28. The summed E-state index contributed by atoms with van der Waals surface area (Å²) in [5.41, 5.74) is 0.987. The number of anilines is 1. The minimum Gasteiger partial charge on any atom is -0.378 e. The Bertz CT molecular complexity index is 552. The lowest BCUT2D eigenvalue weighted by Crippen LogP contribution is -2.37. The maximum Gasteiger partial charge on any atom is 0.243 e. The van der Waals surface area contributed by atoms with Crippen molar-refractivity contribution in [2.75, 3.05) is 31.2 Å². The van der Waals surface area contributed by atoms with Gasteiger partial charge in [-0.05, 0) is 46.3 Å². The number of morpholine rings is 1. The number of rotatable bonds is 1. The van der Waals surface area contributed by atoms with E-state index >= 15 is 0 Å². The first-order valence-electron chi connectivity index (χ1n) is 5.29. The van der Waals surface area contributed by atoms with Crippen molar-refractivity contribution in [2.45, 2.75) is 0 Å². The van der Waals surface area contributed by atoms with Crippen LogP contribution in [-0.4, -0.2) is 40.9 Å². The Kier molecular flexibility index (Phi) is 3.10. The highest BCUT2D eigenvalue weighted by Gasteiger charge is 2.18. The van der Waals surface area contributed by atoms with Crippen LogP contribution < -0.4 is 4.90 Å². The van der Waals surface area contributed by atoms with Gasteiger partial charge in [-0.25, -0.2) is 4.52 Å². The van der Waals surface area contributed by atoms with Crippen molar-refractivity contribution in [1.82, 2.24) is 14.6 Å². The van der Waals surface area contributed by atoms with Crippen LogP contribution in [0.3, 0.4) is 0 Å². The summed E-state index contributed by atoms with van der Waals surface area (Å²) < 4.78 is 8.19. The molecule has 0 spiro atoms. The third kappa shape index (κ3) is 2.09. The van der Waals surface area contributed by atoms with Gasteiger partial charge in [0.15, 0.2) is 5.82 Å². The first-order chi connectivity index (χ1) is 8.25. The van der Waals surface area contributed by atoms with Gasteiger partial charge in [-0.2, -0.15) is 4.98 Å². The molecule has 90 valence electrons. The molecule has 0 aliphatic carbocycles. The lowest BCUT2D eigenvalue weighted by atomic mass is 10.4. The van der Waals surface area contributed by atoms with E-state index in [1.165, 1.54) is 0 Å². The number of fused-ring (bicyclic) bond motifs is 1. The molecule has 0 atom stereocenters. The van der Waals surface area contributed by atoms with Gasteiger partial charge in [-0.3, -0.25) is 0 Å². The quantitative estimate of drug-likeness (QED) is 0.724. The Hall–Kier alpha value is -0.600. The van der Waals surface area contributed by atoms with Crippen LogP contribution in [0.25, 0.3) is 5.52 Å². The number of aromatic nitrogens is 3. The van der Waals surface area contributed by atoms with Gasteiger partial charge < -0.3 is 9.64 Å². The summed E-state index contributed by atoms with van der Waals surface area (Å²) in [6, 6.07) is 4.02. The highest BCUT2D eigenvalue weighted by atomic mass is 127. The lowest BCUT2D eigenvalue weighted by molar-refractivity contribution is 0.122. The average molecular weight is 365 g/mol. The van der Waals surface area contributed by atoms with Crippen LogP contribution in [0, 0.1) is 3.70 Å². The predicted molar refractivity (Wildman–Crippen MR) is 73.7 cm³/mol. The van der Waals surface area contributed by atoms with Gasteiger partial charge in [0.25, 0.3) is 0 Å². The average Bonchev–Trinajstić information content (AvgIpc) is 2.72. The third-order valence-corrected chi connectivity index (χ3v) is 3.71. The first-order valence-corrected chi connectivity index (χ1v) is 6.75. The fourth-order valence-electron chi connectivity index (χ4n) is 1.93. The van der Waals surface area contributed by atoms with Crippen molar-refractivity contribution >= 4 is 45.5 Å². The van der Waals surface area contributed by atoms with Gasteiger partial charge in [0, 0.05) is 13.1 Å². The van der Waals surface area contributed by atoms with Crippen molar-refractivity contribution in [2.24, 2.45) is 0 Å². The van der Waals surface area contributed by atoms with E-state index in [-0.39, 0.29) is 5.28 Å². The minimum absolute atomic E-state index is 0.271. The zero-order valence-corrected chi connectivity index (χ0v) is 11.8. The van der Waals surface area contributed by atoms with E-state index in [1.807, 2.05) is 16.6 Å². The second kappa shape index (κ2) is 4.58. The third-order valence-electron chi connectivity index (χ3n) is 2.73. The van der Waals surface area contributed by atoms with Gasteiger partial charge in [0.1, 0.15) is 9.22 Å². The monoisotopic (exact) mass is 364 g/mol. The Labute approximate surface area is 117 Å². The van der Waals surface area contributed by atoms with Crippen LogP contribution in [0.2, 0.25) is 5.28 Å². The molecule has 0 unspecified atom stereocenters. The Morgan fingerprint density at radius 1 is 1.29 bits per heavy atom. The van der Waals surface area contributed by atoms with E-state index in [4.69, 9.17) is 16.3 Å². The van der Waals surface area contributed by atoms with Crippen LogP contribution in [-0.2, 0) is 4.74 Å². The molecule has 3 heterocycles. The Morgan fingerprint density at radius 3 is 2.82 bits per heavy atom. The standard InChI is InChI=1S/C10H10ClIN4O/c11-10-13-9(15-3-5-17-6-4-15)7-1-2-8(12)16(7)14-10/h1-2H,3-6H2. The molecule has 1 fully saturated rings. The summed E-state index contributed by atoms with van der Waals surface area (Å²) >= 11 is 8.20. The highest BCUT2D eigenvalue weighted by molar-refractivity contribution is 14.1. The molecule has 0 saturated carbocycles. The highest BCUT2D eigenvalue weighted by Crippen LogP contribution is 2.23. The summed E-state index contributed by atoms with van der Waals surface area (Å²) in [6.07, 6.45) is 0. The summed E-state index contributed by atoms with van der Waals surface area (Å²) in [5.74, 6) is 0.885. The van der Waals surface area contributed by atoms with Gasteiger partial charge >= 0.3 is 0 Å². The van der Waals surface area contributed by atoms with E-state index in [0.29, 0.717) is 0 Å². The Balaban J connectivity index is 2.13. The largest absolute Gasteiger partial charge is 0.378 e. The number of ether oxygens (including phenoxy) is 1. The topological polar surface area (TPSA) is 42.7 Å². The zero-order chi connectivity index (χ0) is 11.8. The van der Waals surface area contributed by atoms with E-state index in [0.717, 1.165) is 41.3 Å². The molecule has 0 radical (unpaired) electrons. The first kappa shape index (κ1) is 11.5. The molecular formula is C10H10ClIN4O. The maximum absolute atomic E-state index is 5.97. The van der Waals surface area contributed by atoms with Crippen LogP contribution in [0.1, 0.15) is 0 Å². The van der Waals surface area contributed by atoms with Gasteiger partial charge in [0.2, 0.25) is 5.28 Å². The predicted octanol–water partition coefficient (Wildman–Crippen LogP) is 1.82. The SMILES string of the molecule is Clc1nc(N2CCOCC2)c2ccc(I)n2n1. The molecule has 1 aliphatic rings. The molecule has 2 aromatic heterocycles. The second-order valence-corrected chi connectivity index (χ2v) is 5.20. The normalized spacial score (nSPS) is 16.7. The molecule has 17 heavy (non-hydrogen) atoms. The molecule has 7 heteroatoms. The van der Waals surface area contributed by atoms with Crippen molar-refractivity contribution in [3.63, 3.8) is 0 Å². The number of nitrogens with zero attached hydrogens (tertiary/aromatic N) is 4. The van der Waals surface area contributed by atoms with Gasteiger partial charge in [-0.15, -0.1) is 5.10 Å². The van der Waals surface area contributed by atoms with Crippen molar-refractivity contribution in [1.29, 1.82) is 0 Å². The van der Waals surface area contributed by atoms with Crippen molar-refractivity contribution < 1.29 is 4.74 Å². The smallest absolute Gasteiger partial charge is 0.243 e. The molecule has 5 nitrogen and oxygen atoms in total. The van der Waals surface area contributed by atoms with Crippen LogP contribution in [0.4, 0.5) is 5.82 Å². The number of hydrogen-bond acceptors (Lipinski definition) is 4. The minimum atomic E-state index is 0.271. The number of hydrogen-bond donors (Lipinski definition) is 0. The van der Waals surface area contributed by atoms with Crippen LogP contribution >= 0.6 is 34.2 Å². The summed E-state index contributed by atoms with van der Waals surface area (Å²) in [7, 11) is 0. The van der Waals surface area contributed by atoms with Crippen molar-refractivity contribution in [3.8, 4) is 0 Å². The van der Waals surface area contributed by atoms with Crippen LogP contribution in [0.15, 0.2) is 12.1 Å². The molecule has 3 rings (SSSR count). The van der Waals surface area contributed by atoms with E-state index in [2.05, 4.69) is 37.6 Å². The fourth-order valence-corrected chi connectivity index (χ4v) is 2.64. The van der Waals surface area contributed by atoms with Gasteiger partial charge in [0.05, 0.1) is 13.2 Å². The fraction of sp³-hybridized carbons (Fsp3) is 0.400. The van der Waals surface area contributed by atoms with Crippen LogP contribution in [0.5, 0.6) is 0 Å². The summed E-state index contributed by atoms with van der Waals surface area (Å²) in [6.45, 7) is 3.13. The van der Waals surface area contributed by atoms with Crippen molar-refractivity contribution in [3.05, 3.63) is 21.1 Å². The maximum atomic E-state index is 5.97. The van der Waals surface area contributed by atoms with E-state index < -0.39 is 0 Å². The molecular weight excluding hydrogens is 354 g/mol. The molecule has 1 saturated heterocycles. The molecule has 0 amide bonds.